The van der Waals surface area contributed by atoms with E-state index in [4.69, 9.17) is 15.2 Å². The average Bonchev–Trinajstić information content (AvgIpc) is 3.14. The molecule has 1 aliphatic rings. The van der Waals surface area contributed by atoms with Gasteiger partial charge in [-0.3, -0.25) is 5.32 Å². The highest BCUT2D eigenvalue weighted by molar-refractivity contribution is 5.88. The maximum absolute atomic E-state index is 11.9. The number of methoxy groups -OCH3 is 1. The summed E-state index contributed by atoms with van der Waals surface area (Å²) in [5.74, 6) is 0.806. The monoisotopic (exact) mass is 373 g/mol. The minimum absolute atomic E-state index is 0.0719. The summed E-state index contributed by atoms with van der Waals surface area (Å²) in [5.41, 5.74) is 9.70. The molecule has 0 saturated carbocycles. The Morgan fingerprint density at radius 3 is 3.07 bits per heavy atom. The van der Waals surface area contributed by atoms with Gasteiger partial charge in [0.1, 0.15) is 12.4 Å². The molecule has 1 aliphatic heterocycles. The summed E-state index contributed by atoms with van der Waals surface area (Å²) in [4.78, 5) is 19.6. The van der Waals surface area contributed by atoms with Crippen LogP contribution in [-0.4, -0.2) is 42.9 Å². The van der Waals surface area contributed by atoms with Crippen molar-refractivity contribution >= 4 is 17.5 Å². The number of benzene rings is 1. The van der Waals surface area contributed by atoms with Gasteiger partial charge >= 0.3 is 6.09 Å². The molecule has 2 bridgehead atoms. The number of ether oxygens (including phenoxy) is 2. The highest BCUT2D eigenvalue weighted by atomic mass is 16.6. The third kappa shape index (κ3) is 5.21. The van der Waals surface area contributed by atoms with Gasteiger partial charge in [-0.05, 0) is 31.0 Å². The number of amides is 1. The van der Waals surface area contributed by atoms with Crippen LogP contribution in [0.4, 0.5) is 16.2 Å². The lowest BCUT2D eigenvalue weighted by molar-refractivity contribution is 0.107. The zero-order valence-electron chi connectivity index (χ0n) is 15.6. The summed E-state index contributed by atoms with van der Waals surface area (Å²) in [6.07, 6.45) is 5.46. The number of hydrogen-bond acceptors (Lipinski definition) is 6. The Labute approximate surface area is 158 Å². The molecule has 1 unspecified atom stereocenters. The number of hydrogen-bond donors (Lipinski definition) is 4. The molecular weight excluding hydrogens is 346 g/mol. The number of carbonyl (C=O) groups is 1. The van der Waals surface area contributed by atoms with Gasteiger partial charge in [0.15, 0.2) is 0 Å². The first-order valence-corrected chi connectivity index (χ1v) is 9.29. The number of imidazole rings is 1. The largest absolute Gasteiger partial charge is 0.447 e. The van der Waals surface area contributed by atoms with Gasteiger partial charge in [-0.1, -0.05) is 12.8 Å². The topological polar surface area (TPSA) is 114 Å². The molecule has 0 radical (unpaired) electrons. The predicted octanol–water partition coefficient (Wildman–Crippen LogP) is 3.26. The van der Waals surface area contributed by atoms with Crippen molar-refractivity contribution in [1.29, 1.82) is 0 Å². The maximum atomic E-state index is 11.9. The summed E-state index contributed by atoms with van der Waals surface area (Å²) in [5, 5.41) is 6.21. The summed E-state index contributed by atoms with van der Waals surface area (Å²) < 4.78 is 9.92. The van der Waals surface area contributed by atoms with Crippen LogP contribution in [0.25, 0.3) is 11.3 Å². The van der Waals surface area contributed by atoms with E-state index in [-0.39, 0.29) is 12.6 Å². The lowest BCUT2D eigenvalue weighted by atomic mass is 10.1. The molecule has 8 heteroatoms. The number of rotatable bonds is 4. The molecule has 0 fully saturated rings. The highest BCUT2D eigenvalue weighted by Crippen LogP contribution is 2.31. The van der Waals surface area contributed by atoms with Crippen LogP contribution < -0.4 is 16.4 Å². The molecule has 0 spiro atoms. The summed E-state index contributed by atoms with van der Waals surface area (Å²) >= 11 is 0. The van der Waals surface area contributed by atoms with Gasteiger partial charge in [-0.15, -0.1) is 0 Å². The molecule has 1 aromatic heterocycles. The van der Waals surface area contributed by atoms with Crippen molar-refractivity contribution in [3.63, 3.8) is 0 Å². The summed E-state index contributed by atoms with van der Waals surface area (Å²) in [6.45, 7) is 1.43. The number of fused-ring (bicyclic) bond motifs is 4. The van der Waals surface area contributed by atoms with Crippen molar-refractivity contribution in [3.8, 4) is 11.3 Å². The highest BCUT2D eigenvalue weighted by Gasteiger charge is 2.15. The SMILES string of the molecule is COCCOC(=O)Nc1ccc2c(c1)NCCCCCC(N)c1ncc-2[nH]1. The molecule has 1 atom stereocenters. The zero-order chi connectivity index (χ0) is 19.1. The van der Waals surface area contributed by atoms with Gasteiger partial charge in [0, 0.05) is 30.6 Å². The fraction of sp³-hybridized carbons (Fsp3) is 0.474. The maximum Gasteiger partial charge on any atom is 0.411 e. The number of nitrogens with zero attached hydrogens (tertiary/aromatic N) is 1. The van der Waals surface area contributed by atoms with Crippen molar-refractivity contribution in [2.24, 2.45) is 5.73 Å². The lowest BCUT2D eigenvalue weighted by Gasteiger charge is -2.15. The molecule has 0 aliphatic carbocycles. The molecule has 1 aromatic carbocycles. The van der Waals surface area contributed by atoms with E-state index in [1.54, 1.807) is 13.3 Å². The Morgan fingerprint density at radius 1 is 1.33 bits per heavy atom. The molecule has 2 aromatic rings. The smallest absolute Gasteiger partial charge is 0.411 e. The van der Waals surface area contributed by atoms with Crippen LogP contribution in [0.1, 0.15) is 37.5 Å². The predicted molar refractivity (Wildman–Crippen MR) is 105 cm³/mol. The molecule has 1 amide bonds. The van der Waals surface area contributed by atoms with Crippen LogP contribution in [0.5, 0.6) is 0 Å². The Balaban J connectivity index is 1.80. The second-order valence-electron chi connectivity index (χ2n) is 6.58. The second-order valence-corrected chi connectivity index (χ2v) is 6.58. The van der Waals surface area contributed by atoms with E-state index >= 15 is 0 Å². The van der Waals surface area contributed by atoms with Gasteiger partial charge in [0.05, 0.1) is 24.5 Å². The van der Waals surface area contributed by atoms with Crippen molar-refractivity contribution in [3.05, 3.63) is 30.2 Å². The average molecular weight is 373 g/mol. The van der Waals surface area contributed by atoms with Crippen LogP contribution in [0, 0.1) is 0 Å². The molecule has 0 saturated heterocycles. The minimum Gasteiger partial charge on any atom is -0.447 e. The Morgan fingerprint density at radius 2 is 2.22 bits per heavy atom. The number of carbonyl (C=O) groups excluding carboxylic acids is 1. The van der Waals surface area contributed by atoms with Gasteiger partial charge in [0.25, 0.3) is 0 Å². The Hall–Kier alpha value is -2.58. The van der Waals surface area contributed by atoms with E-state index in [0.29, 0.717) is 12.3 Å². The van der Waals surface area contributed by atoms with E-state index in [1.807, 2.05) is 18.2 Å². The number of H-pyrrole nitrogens is 1. The van der Waals surface area contributed by atoms with Crippen LogP contribution in [0.15, 0.2) is 24.4 Å². The summed E-state index contributed by atoms with van der Waals surface area (Å²) in [6, 6.07) is 5.61. The first-order valence-electron chi connectivity index (χ1n) is 9.29. The van der Waals surface area contributed by atoms with E-state index in [9.17, 15) is 4.79 Å². The quantitative estimate of drug-likeness (QED) is 0.612. The van der Waals surface area contributed by atoms with E-state index in [0.717, 1.165) is 55.0 Å². The molecule has 5 N–H and O–H groups in total. The normalized spacial score (nSPS) is 17.0. The van der Waals surface area contributed by atoms with Crippen molar-refractivity contribution in [1.82, 2.24) is 9.97 Å². The Bertz CT molecular complexity index is 762. The van der Waals surface area contributed by atoms with Gasteiger partial charge in [-0.25, -0.2) is 9.78 Å². The summed E-state index contributed by atoms with van der Waals surface area (Å²) in [7, 11) is 1.56. The van der Waals surface area contributed by atoms with Crippen LogP contribution >= 0.6 is 0 Å². The molecule has 2 heterocycles. The number of aromatic amines is 1. The third-order valence-electron chi connectivity index (χ3n) is 4.53. The molecular formula is C19H27N5O3. The third-order valence-corrected chi connectivity index (χ3v) is 4.53. The first-order chi connectivity index (χ1) is 13.2. The first kappa shape index (κ1) is 19.2. The van der Waals surface area contributed by atoms with E-state index in [1.165, 1.54) is 0 Å². The zero-order valence-corrected chi connectivity index (χ0v) is 15.6. The van der Waals surface area contributed by atoms with Crippen molar-refractivity contribution in [2.75, 3.05) is 37.5 Å². The van der Waals surface area contributed by atoms with Crippen LogP contribution in [0.3, 0.4) is 0 Å². The second kappa shape index (κ2) is 9.38. The Kier molecular flexibility index (Phi) is 6.67. The lowest BCUT2D eigenvalue weighted by Crippen LogP contribution is -2.16. The fourth-order valence-electron chi connectivity index (χ4n) is 3.06. The van der Waals surface area contributed by atoms with Crippen LogP contribution in [0.2, 0.25) is 0 Å². The van der Waals surface area contributed by atoms with Crippen molar-refractivity contribution < 1.29 is 14.3 Å². The molecule has 3 rings (SSSR count). The van der Waals surface area contributed by atoms with Crippen LogP contribution in [-0.2, 0) is 9.47 Å². The minimum atomic E-state index is -0.505. The number of nitrogens with two attached hydrogens (primary N) is 1. The fourth-order valence-corrected chi connectivity index (χ4v) is 3.06. The number of aromatic nitrogens is 2. The number of nitrogens with one attached hydrogen (secondary N) is 3. The van der Waals surface area contributed by atoms with Gasteiger partial charge in [-0.2, -0.15) is 0 Å². The number of anilines is 2. The van der Waals surface area contributed by atoms with E-state index in [2.05, 4.69) is 20.6 Å². The van der Waals surface area contributed by atoms with Crippen molar-refractivity contribution in [2.45, 2.75) is 31.7 Å². The molecule has 27 heavy (non-hydrogen) atoms. The standard InChI is InChI=1S/C19H27N5O3/c1-26-9-10-27-19(25)23-13-6-7-14-16(11-13)21-8-4-2-3-5-15(20)18-22-12-17(14)24-18/h6-7,11-12,15,21H,2-5,8-10,20H2,1H3,(H,22,24)(H,23,25). The van der Waals surface area contributed by atoms with E-state index < -0.39 is 6.09 Å². The van der Waals surface area contributed by atoms with Gasteiger partial charge < -0.3 is 25.5 Å². The van der Waals surface area contributed by atoms with Gasteiger partial charge in [0.2, 0.25) is 0 Å². The molecule has 8 nitrogen and oxygen atoms in total. The molecule has 146 valence electrons.